The van der Waals surface area contributed by atoms with Crippen LogP contribution in [0.4, 0.5) is 0 Å². The van der Waals surface area contributed by atoms with Crippen molar-refractivity contribution in [2.45, 2.75) is 64.0 Å². The maximum Gasteiger partial charge on any atom is 0.230 e. The van der Waals surface area contributed by atoms with E-state index in [2.05, 4.69) is 0 Å². The molecule has 3 atom stereocenters. The Balaban J connectivity index is 2.14. The third kappa shape index (κ3) is 2.41. The lowest BCUT2D eigenvalue weighted by atomic mass is 9.83. The zero-order valence-corrected chi connectivity index (χ0v) is 11.4. The van der Waals surface area contributed by atoms with Crippen LogP contribution in [0, 0.1) is 5.41 Å². The molecule has 2 fully saturated rings. The van der Waals surface area contributed by atoms with Crippen molar-refractivity contribution >= 4 is 5.91 Å². The summed E-state index contributed by atoms with van der Waals surface area (Å²) in [5, 5.41) is 9.50. The molecule has 0 aromatic rings. The number of carbonyl (C=O) groups excluding carboxylic acids is 1. The van der Waals surface area contributed by atoms with Gasteiger partial charge < -0.3 is 15.7 Å². The van der Waals surface area contributed by atoms with Gasteiger partial charge in [-0.2, -0.15) is 0 Å². The summed E-state index contributed by atoms with van der Waals surface area (Å²) in [5.41, 5.74) is 5.73. The first-order chi connectivity index (χ1) is 8.59. The van der Waals surface area contributed by atoms with E-state index in [-0.39, 0.29) is 24.6 Å². The number of nitrogens with two attached hydrogens (primary N) is 1. The molecule has 1 saturated heterocycles. The Hall–Kier alpha value is -0.610. The van der Waals surface area contributed by atoms with Crippen molar-refractivity contribution in [3.63, 3.8) is 0 Å². The standard InChI is InChI=1S/C14H26N2O2/c1-14(8-5-7-12(14)15)13(18)16-9-4-2-3-6-11(16)10-17/h11-12,17H,2-10,15H2,1H3. The minimum absolute atomic E-state index is 0.00428. The minimum Gasteiger partial charge on any atom is -0.394 e. The number of aliphatic hydroxyl groups excluding tert-OH is 1. The fraction of sp³-hybridized carbons (Fsp3) is 0.929. The van der Waals surface area contributed by atoms with Crippen LogP contribution in [-0.2, 0) is 4.79 Å². The molecule has 1 saturated carbocycles. The Morgan fingerprint density at radius 3 is 2.72 bits per heavy atom. The molecule has 4 heteroatoms. The van der Waals surface area contributed by atoms with Gasteiger partial charge in [-0.1, -0.05) is 19.3 Å². The second-order valence-electron chi connectivity index (χ2n) is 6.10. The van der Waals surface area contributed by atoms with Gasteiger partial charge >= 0.3 is 0 Å². The second-order valence-corrected chi connectivity index (χ2v) is 6.10. The fourth-order valence-corrected chi connectivity index (χ4v) is 3.42. The first-order valence-corrected chi connectivity index (χ1v) is 7.27. The topological polar surface area (TPSA) is 66.6 Å². The molecule has 1 aliphatic heterocycles. The molecule has 2 aliphatic rings. The summed E-state index contributed by atoms with van der Waals surface area (Å²) in [4.78, 5) is 14.7. The highest BCUT2D eigenvalue weighted by atomic mass is 16.3. The Labute approximate surface area is 110 Å². The van der Waals surface area contributed by atoms with E-state index in [0.717, 1.165) is 51.5 Å². The third-order valence-electron chi connectivity index (χ3n) is 4.87. The Kier molecular flexibility index (Phi) is 4.28. The Morgan fingerprint density at radius 2 is 2.11 bits per heavy atom. The van der Waals surface area contributed by atoms with Crippen molar-refractivity contribution in [3.8, 4) is 0 Å². The number of amides is 1. The van der Waals surface area contributed by atoms with Crippen LogP contribution >= 0.6 is 0 Å². The van der Waals surface area contributed by atoms with Crippen molar-refractivity contribution in [2.75, 3.05) is 13.2 Å². The average Bonchev–Trinajstić information content (AvgIpc) is 2.60. The Bertz CT molecular complexity index is 308. The molecule has 0 aromatic carbocycles. The van der Waals surface area contributed by atoms with E-state index in [9.17, 15) is 9.90 Å². The third-order valence-corrected chi connectivity index (χ3v) is 4.87. The lowest BCUT2D eigenvalue weighted by Gasteiger charge is -2.37. The molecule has 3 unspecified atom stereocenters. The van der Waals surface area contributed by atoms with Crippen LogP contribution in [0.1, 0.15) is 51.9 Å². The van der Waals surface area contributed by atoms with Crippen LogP contribution in [0.3, 0.4) is 0 Å². The van der Waals surface area contributed by atoms with Crippen LogP contribution in [0.2, 0.25) is 0 Å². The first-order valence-electron chi connectivity index (χ1n) is 7.27. The molecule has 0 aromatic heterocycles. The van der Waals surface area contributed by atoms with Crippen molar-refractivity contribution in [2.24, 2.45) is 11.1 Å². The van der Waals surface area contributed by atoms with Gasteiger partial charge in [-0.05, 0) is 32.6 Å². The largest absolute Gasteiger partial charge is 0.394 e. The van der Waals surface area contributed by atoms with Crippen molar-refractivity contribution in [1.29, 1.82) is 0 Å². The van der Waals surface area contributed by atoms with Crippen molar-refractivity contribution in [3.05, 3.63) is 0 Å². The zero-order valence-electron chi connectivity index (χ0n) is 11.4. The number of hydrogen-bond donors (Lipinski definition) is 2. The summed E-state index contributed by atoms with van der Waals surface area (Å²) in [6, 6.07) is -0.0165. The molecule has 4 nitrogen and oxygen atoms in total. The highest BCUT2D eigenvalue weighted by molar-refractivity contribution is 5.84. The maximum absolute atomic E-state index is 12.8. The quantitative estimate of drug-likeness (QED) is 0.780. The van der Waals surface area contributed by atoms with E-state index in [1.165, 1.54) is 0 Å². The summed E-state index contributed by atoms with van der Waals surface area (Å²) < 4.78 is 0. The van der Waals surface area contributed by atoms with Gasteiger partial charge in [-0.15, -0.1) is 0 Å². The van der Waals surface area contributed by atoms with E-state index in [1.807, 2.05) is 11.8 Å². The summed E-state index contributed by atoms with van der Waals surface area (Å²) in [5.74, 6) is 0.174. The van der Waals surface area contributed by atoms with Crippen LogP contribution in [-0.4, -0.2) is 41.1 Å². The molecule has 0 radical (unpaired) electrons. The highest BCUT2D eigenvalue weighted by Crippen LogP contribution is 2.39. The van der Waals surface area contributed by atoms with Crippen LogP contribution in [0.15, 0.2) is 0 Å². The second kappa shape index (κ2) is 5.57. The van der Waals surface area contributed by atoms with Gasteiger partial charge in [-0.3, -0.25) is 4.79 Å². The lowest BCUT2D eigenvalue weighted by Crippen LogP contribution is -2.53. The predicted molar refractivity (Wildman–Crippen MR) is 71.0 cm³/mol. The number of carbonyl (C=O) groups is 1. The SMILES string of the molecule is CC1(C(=O)N2CCCCCC2CO)CCCC1N. The number of likely N-dealkylation sites (tertiary alicyclic amines) is 1. The molecule has 1 aliphatic carbocycles. The predicted octanol–water partition coefficient (Wildman–Crippen LogP) is 1.27. The molecule has 0 bridgehead atoms. The van der Waals surface area contributed by atoms with Crippen molar-refractivity contribution in [1.82, 2.24) is 4.90 Å². The van der Waals surface area contributed by atoms with Crippen LogP contribution < -0.4 is 5.73 Å². The van der Waals surface area contributed by atoms with E-state index in [4.69, 9.17) is 5.73 Å². The first kappa shape index (κ1) is 13.8. The van der Waals surface area contributed by atoms with Gasteiger partial charge in [0.15, 0.2) is 0 Å². The molecular formula is C14H26N2O2. The number of nitrogens with zero attached hydrogens (tertiary/aromatic N) is 1. The lowest BCUT2D eigenvalue weighted by molar-refractivity contribution is -0.145. The smallest absolute Gasteiger partial charge is 0.230 e. The van der Waals surface area contributed by atoms with E-state index < -0.39 is 5.41 Å². The van der Waals surface area contributed by atoms with Gasteiger partial charge in [0.1, 0.15) is 0 Å². The van der Waals surface area contributed by atoms with Gasteiger partial charge in [0.05, 0.1) is 18.1 Å². The van der Waals surface area contributed by atoms with Crippen LogP contribution in [0.25, 0.3) is 0 Å². The number of rotatable bonds is 2. The average molecular weight is 254 g/mol. The molecule has 2 rings (SSSR count). The highest BCUT2D eigenvalue weighted by Gasteiger charge is 2.46. The number of hydrogen-bond acceptors (Lipinski definition) is 3. The normalized spacial score (nSPS) is 37.6. The molecule has 1 heterocycles. The Morgan fingerprint density at radius 1 is 1.33 bits per heavy atom. The molecule has 104 valence electrons. The molecule has 0 spiro atoms. The summed E-state index contributed by atoms with van der Waals surface area (Å²) in [7, 11) is 0. The minimum atomic E-state index is -0.405. The fourth-order valence-electron chi connectivity index (χ4n) is 3.42. The van der Waals surface area contributed by atoms with Gasteiger partial charge in [0.25, 0.3) is 0 Å². The summed E-state index contributed by atoms with van der Waals surface area (Å²) >= 11 is 0. The van der Waals surface area contributed by atoms with Gasteiger partial charge in [-0.25, -0.2) is 0 Å². The maximum atomic E-state index is 12.8. The van der Waals surface area contributed by atoms with Gasteiger partial charge in [0, 0.05) is 12.6 Å². The zero-order chi connectivity index (χ0) is 13.2. The number of aliphatic hydroxyl groups is 1. The summed E-state index contributed by atoms with van der Waals surface area (Å²) in [6.45, 7) is 2.87. The van der Waals surface area contributed by atoms with Gasteiger partial charge in [0.2, 0.25) is 5.91 Å². The monoisotopic (exact) mass is 254 g/mol. The molecule has 1 amide bonds. The molecular weight excluding hydrogens is 228 g/mol. The van der Waals surface area contributed by atoms with E-state index >= 15 is 0 Å². The molecule has 3 N–H and O–H groups in total. The van der Waals surface area contributed by atoms with E-state index in [1.54, 1.807) is 0 Å². The van der Waals surface area contributed by atoms with E-state index in [0.29, 0.717) is 0 Å². The van der Waals surface area contributed by atoms with Crippen LogP contribution in [0.5, 0.6) is 0 Å². The summed E-state index contributed by atoms with van der Waals surface area (Å²) in [6.07, 6.45) is 7.12. The molecule has 18 heavy (non-hydrogen) atoms. The van der Waals surface area contributed by atoms with Crippen molar-refractivity contribution < 1.29 is 9.90 Å².